The molecule has 250 valence electrons. The van der Waals surface area contributed by atoms with Gasteiger partial charge in [0.25, 0.3) is 0 Å². The van der Waals surface area contributed by atoms with Crippen molar-refractivity contribution in [2.24, 2.45) is 35.0 Å². The summed E-state index contributed by atoms with van der Waals surface area (Å²) in [6.07, 6.45) is 25.0. The van der Waals surface area contributed by atoms with Crippen molar-refractivity contribution >= 4 is 0 Å². The van der Waals surface area contributed by atoms with Crippen molar-refractivity contribution in [3.8, 4) is 0 Å². The molecule has 0 saturated heterocycles. The molecule has 0 aromatic heterocycles. The molecule has 2 atom stereocenters. The van der Waals surface area contributed by atoms with Crippen LogP contribution in [-0.2, 0) is 6.42 Å². The first-order valence-electron chi connectivity index (χ1n) is 18.2. The van der Waals surface area contributed by atoms with Crippen molar-refractivity contribution in [3.05, 3.63) is 95.6 Å². The van der Waals surface area contributed by atoms with Gasteiger partial charge < -0.3 is 0 Å². The molecule has 3 aliphatic carbocycles. The molecule has 0 N–H and O–H groups in total. The zero-order chi connectivity index (χ0) is 33.7. The molecular formula is C44H74. The number of benzene rings is 1. The normalized spacial score (nSPS) is 27.0. The van der Waals surface area contributed by atoms with Gasteiger partial charge in [0.15, 0.2) is 0 Å². The molecule has 0 heteroatoms. The lowest BCUT2D eigenvalue weighted by atomic mass is 9.70. The monoisotopic (exact) mass is 603 g/mol. The van der Waals surface area contributed by atoms with E-state index in [0.29, 0.717) is 11.3 Å². The predicted octanol–water partition coefficient (Wildman–Crippen LogP) is 14.5. The molecular weight excluding hydrogens is 528 g/mol. The number of hydrogen-bond donors (Lipinski definition) is 0. The maximum atomic E-state index is 3.92. The Morgan fingerprint density at radius 2 is 1.45 bits per heavy atom. The first-order valence-corrected chi connectivity index (χ1v) is 18.2. The minimum absolute atomic E-state index is 0.295. The van der Waals surface area contributed by atoms with E-state index in [4.69, 9.17) is 0 Å². The highest BCUT2D eigenvalue weighted by Gasteiger charge is 2.42. The van der Waals surface area contributed by atoms with E-state index >= 15 is 0 Å². The summed E-state index contributed by atoms with van der Waals surface area (Å²) < 4.78 is 0. The molecule has 0 heterocycles. The second-order valence-corrected chi connectivity index (χ2v) is 14.0. The van der Waals surface area contributed by atoms with Crippen LogP contribution in [0.25, 0.3) is 0 Å². The van der Waals surface area contributed by atoms with Crippen LogP contribution in [0.15, 0.2) is 84.5 Å². The molecule has 44 heavy (non-hydrogen) atoms. The third-order valence-corrected chi connectivity index (χ3v) is 9.84. The molecule has 3 saturated carbocycles. The zero-order valence-electron chi connectivity index (χ0n) is 31.6. The predicted molar refractivity (Wildman–Crippen MR) is 203 cm³/mol. The van der Waals surface area contributed by atoms with E-state index in [9.17, 15) is 0 Å². The Labute approximate surface area is 277 Å². The van der Waals surface area contributed by atoms with Crippen molar-refractivity contribution in [3.63, 3.8) is 0 Å². The molecule has 0 spiro atoms. The van der Waals surface area contributed by atoms with Gasteiger partial charge in [0, 0.05) is 5.41 Å². The van der Waals surface area contributed by atoms with E-state index in [2.05, 4.69) is 131 Å². The maximum absolute atomic E-state index is 3.92. The lowest BCUT2D eigenvalue weighted by molar-refractivity contribution is 0.169. The minimum atomic E-state index is 0.295. The first kappa shape index (κ1) is 41.9. The second kappa shape index (κ2) is 23.3. The van der Waals surface area contributed by atoms with Crippen LogP contribution < -0.4 is 0 Å². The summed E-state index contributed by atoms with van der Waals surface area (Å²) in [5.41, 5.74) is 7.14. The number of allylic oxidation sites excluding steroid dienone is 8. The van der Waals surface area contributed by atoms with Gasteiger partial charge in [-0.15, -0.1) is 6.58 Å². The van der Waals surface area contributed by atoms with E-state index in [0.717, 1.165) is 30.1 Å². The fourth-order valence-corrected chi connectivity index (χ4v) is 6.20. The number of rotatable bonds is 8. The van der Waals surface area contributed by atoms with Gasteiger partial charge in [-0.3, -0.25) is 0 Å². The highest BCUT2D eigenvalue weighted by atomic mass is 14.5. The summed E-state index contributed by atoms with van der Waals surface area (Å²) in [6, 6.07) is 8.61. The fourth-order valence-electron chi connectivity index (χ4n) is 6.20. The van der Waals surface area contributed by atoms with Gasteiger partial charge in [-0.2, -0.15) is 0 Å². The van der Waals surface area contributed by atoms with Crippen LogP contribution >= 0.6 is 0 Å². The van der Waals surface area contributed by atoms with Gasteiger partial charge in [0.2, 0.25) is 0 Å². The summed E-state index contributed by atoms with van der Waals surface area (Å²) in [6.45, 7) is 33.8. The molecule has 0 amide bonds. The molecule has 0 bridgehead atoms. The van der Waals surface area contributed by atoms with Crippen molar-refractivity contribution < 1.29 is 0 Å². The first-order chi connectivity index (χ1) is 20.9. The Bertz CT molecular complexity index is 980. The van der Waals surface area contributed by atoms with Gasteiger partial charge in [-0.1, -0.05) is 159 Å². The topological polar surface area (TPSA) is 0 Å². The summed E-state index contributed by atoms with van der Waals surface area (Å²) >= 11 is 0. The van der Waals surface area contributed by atoms with Crippen molar-refractivity contribution in [2.45, 2.75) is 147 Å². The lowest BCUT2D eigenvalue weighted by Crippen LogP contribution is -2.24. The van der Waals surface area contributed by atoms with Gasteiger partial charge in [0.1, 0.15) is 0 Å². The fraction of sp³-hybridized carbons (Fsp3) is 0.636. The van der Waals surface area contributed by atoms with Crippen LogP contribution in [0.5, 0.6) is 0 Å². The van der Waals surface area contributed by atoms with E-state index in [-0.39, 0.29) is 0 Å². The van der Waals surface area contributed by atoms with Crippen molar-refractivity contribution in [1.29, 1.82) is 0 Å². The van der Waals surface area contributed by atoms with Crippen LogP contribution in [-0.4, -0.2) is 0 Å². The van der Waals surface area contributed by atoms with Crippen LogP contribution in [0.4, 0.5) is 0 Å². The molecule has 0 radical (unpaired) electrons. The van der Waals surface area contributed by atoms with Gasteiger partial charge >= 0.3 is 0 Å². The van der Waals surface area contributed by atoms with Crippen molar-refractivity contribution in [2.75, 3.05) is 0 Å². The highest BCUT2D eigenvalue weighted by molar-refractivity contribution is 5.46. The van der Waals surface area contributed by atoms with Gasteiger partial charge in [0.05, 0.1) is 0 Å². The van der Waals surface area contributed by atoms with Crippen LogP contribution in [0, 0.1) is 41.9 Å². The Balaban J connectivity index is 0.000000560. The molecule has 1 aromatic carbocycles. The number of hydrogen-bond acceptors (Lipinski definition) is 0. The Morgan fingerprint density at radius 1 is 0.932 bits per heavy atom. The summed E-state index contributed by atoms with van der Waals surface area (Å²) in [5.74, 6) is 4.76. The van der Waals surface area contributed by atoms with E-state index in [1.165, 1.54) is 85.6 Å². The largest absolute Gasteiger partial charge is 0.102 e. The SMILES string of the molecule is C=CC1(C)C/C1=C(/C)C(=C)C.CC.CC1CCC(C)CC1.CC=CC(/C=C\C)CC1CC(CC)C1.CCc1cccc(C)c1. The van der Waals surface area contributed by atoms with Crippen LogP contribution in [0.1, 0.15) is 145 Å². The average molecular weight is 603 g/mol. The van der Waals surface area contributed by atoms with Crippen molar-refractivity contribution in [1.82, 2.24) is 0 Å². The quantitative estimate of drug-likeness (QED) is 0.260. The second-order valence-electron chi connectivity index (χ2n) is 14.0. The molecule has 2 unspecified atom stereocenters. The summed E-state index contributed by atoms with van der Waals surface area (Å²) in [7, 11) is 0. The smallest absolute Gasteiger partial charge is 0.0104 e. The van der Waals surface area contributed by atoms with Gasteiger partial charge in [-0.25, -0.2) is 0 Å². The maximum Gasteiger partial charge on any atom is 0.0104 e. The van der Waals surface area contributed by atoms with Gasteiger partial charge in [-0.05, 0) is 107 Å². The molecule has 0 aliphatic heterocycles. The molecule has 4 rings (SSSR count). The third-order valence-electron chi connectivity index (χ3n) is 9.84. The minimum Gasteiger partial charge on any atom is -0.102 e. The lowest BCUT2D eigenvalue weighted by Gasteiger charge is -2.36. The Hall–Kier alpha value is -2.08. The average Bonchev–Trinajstić information content (AvgIpc) is 3.69. The van der Waals surface area contributed by atoms with Crippen LogP contribution in [0.2, 0.25) is 0 Å². The summed E-state index contributed by atoms with van der Waals surface area (Å²) in [5, 5.41) is 0. The van der Waals surface area contributed by atoms with E-state index < -0.39 is 0 Å². The Kier molecular flexibility index (Phi) is 22.2. The van der Waals surface area contributed by atoms with E-state index in [1.54, 1.807) is 0 Å². The standard InChI is InChI=1S/C14H24.C11H16.C9H12.C8H16.C2H6/c1-4-7-13(8-5-2)11-14-9-12(6-3)10-14;1-6-11(5)7-10(11)9(4)8(2)3;1-3-9-6-4-5-8(2)7-9;1-7-3-5-8(2)6-4-7;1-2/h4-5,7-8,12-14H,6,9-11H2,1-3H3;6H,1-2,7H2,3-5H3;4-7H,3H2,1-2H3;7-8H,3-6H2,1-2H3;1-2H3/b7-4-,8-5?;10-9+;;;. The molecule has 0 nitrogen and oxygen atoms in total. The molecule has 3 fully saturated rings. The van der Waals surface area contributed by atoms with E-state index in [1.807, 2.05) is 19.9 Å². The number of aryl methyl sites for hydroxylation is 2. The van der Waals surface area contributed by atoms with Crippen LogP contribution in [0.3, 0.4) is 0 Å². The zero-order valence-corrected chi connectivity index (χ0v) is 31.6. The molecule has 3 aliphatic rings. The summed E-state index contributed by atoms with van der Waals surface area (Å²) in [4.78, 5) is 0. The highest BCUT2D eigenvalue weighted by Crippen LogP contribution is 2.55. The third kappa shape index (κ3) is 16.8. The molecule has 1 aromatic rings. The Morgan fingerprint density at radius 3 is 1.80 bits per heavy atom.